The Labute approximate surface area is 150 Å². The number of hydrogen-bond donors (Lipinski definition) is 0. The van der Waals surface area contributed by atoms with Gasteiger partial charge in [-0.05, 0) is 0 Å². The molecule has 0 radical (unpaired) electrons. The molecule has 0 bridgehead atoms. The first-order valence-electron chi connectivity index (χ1n) is 9.42. The third-order valence-corrected chi connectivity index (χ3v) is 9.82. The van der Waals surface area contributed by atoms with Crippen molar-refractivity contribution in [3.63, 3.8) is 0 Å². The van der Waals surface area contributed by atoms with Crippen LogP contribution in [0.3, 0.4) is 0 Å². The summed E-state index contributed by atoms with van der Waals surface area (Å²) in [4.78, 5) is 4.94. The van der Waals surface area contributed by atoms with E-state index in [0.717, 1.165) is 5.92 Å². The molecule has 0 N–H and O–H groups in total. The molecule has 0 atom stereocenters. The quantitative estimate of drug-likeness (QED) is 0.624. The van der Waals surface area contributed by atoms with Gasteiger partial charge >= 0.3 is 150 Å². The molecule has 1 fully saturated rings. The number of rotatable bonds is 4. The van der Waals surface area contributed by atoms with E-state index in [2.05, 4.69) is 61.6 Å². The number of pyridine rings is 1. The maximum absolute atomic E-state index is 4.94. The van der Waals surface area contributed by atoms with Gasteiger partial charge in [0.25, 0.3) is 0 Å². The van der Waals surface area contributed by atoms with Gasteiger partial charge in [-0.25, -0.2) is 0 Å². The molecule has 0 amide bonds. The molecule has 1 aliphatic rings. The van der Waals surface area contributed by atoms with E-state index in [0.29, 0.717) is 0 Å². The summed E-state index contributed by atoms with van der Waals surface area (Å²) in [5.74, 6) is 8.39. The average molecular weight is 382 g/mol. The molecule has 0 spiro atoms. The molecular weight excluding hydrogens is 351 g/mol. The number of hydrogen-bond acceptors (Lipinski definition) is 1. The van der Waals surface area contributed by atoms with Crippen LogP contribution in [0.1, 0.15) is 42.4 Å². The first-order valence-corrected chi connectivity index (χ1v) is 16.8. The van der Waals surface area contributed by atoms with E-state index in [1.165, 1.54) is 54.5 Å². The van der Waals surface area contributed by atoms with Crippen LogP contribution in [0.15, 0.2) is 30.5 Å². The minimum atomic E-state index is -1.91. The summed E-state index contributed by atoms with van der Waals surface area (Å²) in [5.41, 5.74) is 6.85. The molecule has 0 aliphatic heterocycles. The second-order valence-corrected chi connectivity index (χ2v) is 19.2. The molecule has 1 aromatic heterocycles. The summed E-state index contributed by atoms with van der Waals surface area (Å²) < 4.78 is 1.62. The summed E-state index contributed by atoms with van der Waals surface area (Å²) in [6.07, 6.45) is 9.17. The van der Waals surface area contributed by atoms with Crippen LogP contribution in [0.25, 0.3) is 11.3 Å². The molecule has 2 heteroatoms. The van der Waals surface area contributed by atoms with E-state index >= 15 is 0 Å². The van der Waals surface area contributed by atoms with Crippen molar-refractivity contribution in [1.29, 1.82) is 0 Å². The minimum absolute atomic E-state index is 0.889. The zero-order valence-electron chi connectivity index (χ0n) is 15.9. The molecule has 1 aliphatic carbocycles. The number of benzene rings is 1. The van der Waals surface area contributed by atoms with Gasteiger partial charge in [0.15, 0.2) is 0 Å². The molecular formula is C22H31GeN. The Morgan fingerprint density at radius 2 is 1.79 bits per heavy atom. The van der Waals surface area contributed by atoms with E-state index in [4.69, 9.17) is 4.98 Å². The van der Waals surface area contributed by atoms with Crippen molar-refractivity contribution in [2.75, 3.05) is 0 Å². The third-order valence-electron chi connectivity index (χ3n) is 5.52. The Morgan fingerprint density at radius 3 is 2.42 bits per heavy atom. The standard InChI is InChI=1S/C22H31GeN/c1-16-9-8-12-19(13-16)22-17(2)20(14-18-10-6-7-11-18)21(15-24-22)23(3,4)5/h8-9,12-13,15,18H,6-7,10-11,14H2,1-5H3. The van der Waals surface area contributed by atoms with Crippen LogP contribution in [0.5, 0.6) is 0 Å². The second kappa shape index (κ2) is 7.03. The Morgan fingerprint density at radius 1 is 1.08 bits per heavy atom. The van der Waals surface area contributed by atoms with Crippen molar-refractivity contribution in [3.8, 4) is 11.3 Å². The van der Waals surface area contributed by atoms with Gasteiger partial charge in [0, 0.05) is 0 Å². The van der Waals surface area contributed by atoms with Crippen molar-refractivity contribution < 1.29 is 0 Å². The van der Waals surface area contributed by atoms with Crippen LogP contribution >= 0.6 is 0 Å². The van der Waals surface area contributed by atoms with E-state index in [1.807, 2.05) is 0 Å². The monoisotopic (exact) mass is 383 g/mol. The summed E-state index contributed by atoms with van der Waals surface area (Å²) in [5, 5.41) is 0. The Kier molecular flexibility index (Phi) is 5.20. The molecule has 1 nitrogen and oxygen atoms in total. The second-order valence-electron chi connectivity index (χ2n) is 8.60. The SMILES string of the molecule is Cc1cccc(-c2nc[c]([Ge]([CH3])([CH3])[CH3])c(CC3CCCC3)c2C)c1. The van der Waals surface area contributed by atoms with Gasteiger partial charge in [0.2, 0.25) is 0 Å². The molecule has 1 heterocycles. The number of aryl methyl sites for hydroxylation is 1. The first-order chi connectivity index (χ1) is 11.4. The third kappa shape index (κ3) is 3.77. The van der Waals surface area contributed by atoms with Crippen LogP contribution < -0.4 is 4.40 Å². The van der Waals surface area contributed by atoms with E-state index < -0.39 is 13.3 Å². The number of nitrogens with zero attached hydrogens (tertiary/aromatic N) is 1. The van der Waals surface area contributed by atoms with Crippen LogP contribution in [-0.2, 0) is 6.42 Å². The fourth-order valence-corrected chi connectivity index (χ4v) is 7.60. The predicted octanol–water partition coefficient (Wildman–Crippen LogP) is 5.64. The van der Waals surface area contributed by atoms with Gasteiger partial charge in [-0.2, -0.15) is 0 Å². The maximum atomic E-state index is 4.94. The van der Waals surface area contributed by atoms with Crippen LogP contribution in [0, 0.1) is 19.8 Å². The van der Waals surface area contributed by atoms with Crippen molar-refractivity contribution in [1.82, 2.24) is 4.98 Å². The topological polar surface area (TPSA) is 12.9 Å². The van der Waals surface area contributed by atoms with Gasteiger partial charge in [0.1, 0.15) is 0 Å². The van der Waals surface area contributed by atoms with Crippen LogP contribution in [0.4, 0.5) is 0 Å². The van der Waals surface area contributed by atoms with Gasteiger partial charge in [-0.1, -0.05) is 0 Å². The van der Waals surface area contributed by atoms with Crippen LogP contribution in [-0.4, -0.2) is 18.3 Å². The van der Waals surface area contributed by atoms with E-state index in [-0.39, 0.29) is 0 Å². The molecule has 0 unspecified atom stereocenters. The molecule has 1 saturated carbocycles. The van der Waals surface area contributed by atoms with Gasteiger partial charge in [0.05, 0.1) is 0 Å². The molecule has 3 rings (SSSR count). The molecule has 2 aromatic rings. The predicted molar refractivity (Wildman–Crippen MR) is 108 cm³/mol. The zero-order chi connectivity index (χ0) is 17.3. The fourth-order valence-electron chi connectivity index (χ4n) is 4.14. The van der Waals surface area contributed by atoms with Crippen molar-refractivity contribution in [3.05, 3.63) is 47.2 Å². The Hall–Kier alpha value is -1.09. The molecule has 1 aromatic carbocycles. The van der Waals surface area contributed by atoms with E-state index in [9.17, 15) is 0 Å². The van der Waals surface area contributed by atoms with Crippen molar-refractivity contribution >= 4 is 17.7 Å². The van der Waals surface area contributed by atoms with Crippen LogP contribution in [0.2, 0.25) is 17.3 Å². The average Bonchev–Trinajstić information content (AvgIpc) is 3.01. The zero-order valence-corrected chi connectivity index (χ0v) is 18.0. The van der Waals surface area contributed by atoms with Crippen molar-refractivity contribution in [2.45, 2.75) is 63.2 Å². The first kappa shape index (κ1) is 17.7. The summed E-state index contributed by atoms with van der Waals surface area (Å²) >= 11 is -1.91. The Balaban J connectivity index is 2.09. The molecule has 24 heavy (non-hydrogen) atoms. The number of aromatic nitrogens is 1. The molecule has 128 valence electrons. The normalized spacial score (nSPS) is 15.9. The van der Waals surface area contributed by atoms with Crippen molar-refractivity contribution in [2.24, 2.45) is 5.92 Å². The summed E-state index contributed by atoms with van der Waals surface area (Å²) in [6, 6.07) is 8.79. The van der Waals surface area contributed by atoms with E-state index in [1.54, 1.807) is 9.96 Å². The summed E-state index contributed by atoms with van der Waals surface area (Å²) in [6.45, 7) is 4.48. The fraction of sp³-hybridized carbons (Fsp3) is 0.500. The molecule has 0 saturated heterocycles. The Bertz CT molecular complexity index is 721. The summed E-state index contributed by atoms with van der Waals surface area (Å²) in [7, 11) is 0. The van der Waals surface area contributed by atoms with Gasteiger partial charge in [-0.15, -0.1) is 0 Å². The van der Waals surface area contributed by atoms with Gasteiger partial charge in [-0.3, -0.25) is 0 Å². The van der Waals surface area contributed by atoms with Gasteiger partial charge < -0.3 is 0 Å².